The maximum Gasteiger partial charge on any atom is 0.0851 e. The SMILES string of the molecule is C=CC(O)C1Cc2ccccc2C1O. The highest BCUT2D eigenvalue weighted by Crippen LogP contribution is 2.37. The molecule has 2 N–H and O–H groups in total. The molecule has 1 aromatic carbocycles. The highest BCUT2D eigenvalue weighted by Gasteiger charge is 2.34. The fraction of sp³-hybridized carbons (Fsp3) is 0.333. The molecule has 0 aromatic heterocycles. The molecule has 0 fully saturated rings. The zero-order valence-electron chi connectivity index (χ0n) is 7.93. The van der Waals surface area contributed by atoms with Gasteiger partial charge in [-0.1, -0.05) is 30.3 Å². The number of fused-ring (bicyclic) bond motifs is 1. The van der Waals surface area contributed by atoms with Crippen LogP contribution >= 0.6 is 0 Å². The molecule has 2 nitrogen and oxygen atoms in total. The summed E-state index contributed by atoms with van der Waals surface area (Å²) in [5.41, 5.74) is 2.07. The van der Waals surface area contributed by atoms with Crippen LogP contribution < -0.4 is 0 Å². The Morgan fingerprint density at radius 1 is 1.43 bits per heavy atom. The summed E-state index contributed by atoms with van der Waals surface area (Å²) < 4.78 is 0. The third kappa shape index (κ3) is 1.37. The first kappa shape index (κ1) is 9.44. The zero-order chi connectivity index (χ0) is 10.1. The second kappa shape index (κ2) is 3.56. The summed E-state index contributed by atoms with van der Waals surface area (Å²) in [5.74, 6) is -0.134. The van der Waals surface area contributed by atoms with Crippen LogP contribution in [-0.2, 0) is 6.42 Å². The average molecular weight is 190 g/mol. The molecule has 1 aliphatic carbocycles. The molecule has 0 saturated carbocycles. The molecule has 2 rings (SSSR count). The van der Waals surface area contributed by atoms with E-state index in [2.05, 4.69) is 6.58 Å². The van der Waals surface area contributed by atoms with Gasteiger partial charge in [0.1, 0.15) is 0 Å². The van der Waals surface area contributed by atoms with E-state index in [0.29, 0.717) is 0 Å². The fourth-order valence-electron chi connectivity index (χ4n) is 2.09. The topological polar surface area (TPSA) is 40.5 Å². The summed E-state index contributed by atoms with van der Waals surface area (Å²) in [7, 11) is 0. The Balaban J connectivity index is 2.29. The van der Waals surface area contributed by atoms with E-state index in [1.807, 2.05) is 24.3 Å². The molecule has 0 heterocycles. The van der Waals surface area contributed by atoms with Crippen LogP contribution in [0.2, 0.25) is 0 Å². The van der Waals surface area contributed by atoms with Crippen molar-refractivity contribution in [3.63, 3.8) is 0 Å². The van der Waals surface area contributed by atoms with Crippen LogP contribution in [0.25, 0.3) is 0 Å². The molecule has 3 unspecified atom stereocenters. The number of aliphatic hydroxyl groups excluding tert-OH is 2. The minimum atomic E-state index is -0.627. The first-order valence-corrected chi connectivity index (χ1v) is 4.80. The quantitative estimate of drug-likeness (QED) is 0.693. The predicted octanol–water partition coefficient (Wildman–Crippen LogP) is 1.44. The summed E-state index contributed by atoms with van der Waals surface area (Å²) in [5, 5.41) is 19.6. The second-order valence-electron chi connectivity index (χ2n) is 3.74. The van der Waals surface area contributed by atoms with Crippen LogP contribution in [0.15, 0.2) is 36.9 Å². The minimum Gasteiger partial charge on any atom is -0.389 e. The standard InChI is InChI=1S/C12H14O2/c1-2-11(13)10-7-8-5-3-4-6-9(8)12(10)14/h2-6,10-14H,1,7H2. The average Bonchev–Trinajstić information content (AvgIpc) is 2.56. The van der Waals surface area contributed by atoms with Crippen LogP contribution in [-0.4, -0.2) is 16.3 Å². The lowest BCUT2D eigenvalue weighted by atomic mass is 9.97. The molecule has 0 radical (unpaired) electrons. The van der Waals surface area contributed by atoms with Gasteiger partial charge in [-0.15, -0.1) is 6.58 Å². The number of hydrogen-bond donors (Lipinski definition) is 2. The van der Waals surface area contributed by atoms with Crippen molar-refractivity contribution in [1.82, 2.24) is 0 Å². The van der Waals surface area contributed by atoms with E-state index < -0.39 is 12.2 Å². The molecule has 0 bridgehead atoms. The van der Waals surface area contributed by atoms with Crippen molar-refractivity contribution in [1.29, 1.82) is 0 Å². The van der Waals surface area contributed by atoms with Gasteiger partial charge in [0.15, 0.2) is 0 Å². The Morgan fingerprint density at radius 3 is 2.79 bits per heavy atom. The normalized spacial score (nSPS) is 27.0. The molecular formula is C12H14O2. The molecule has 1 aliphatic rings. The minimum absolute atomic E-state index is 0.134. The van der Waals surface area contributed by atoms with Crippen LogP contribution in [0.1, 0.15) is 17.2 Å². The molecule has 0 saturated heterocycles. The van der Waals surface area contributed by atoms with E-state index >= 15 is 0 Å². The molecule has 3 atom stereocenters. The Bertz CT molecular complexity index is 346. The van der Waals surface area contributed by atoms with Gasteiger partial charge in [-0.05, 0) is 17.5 Å². The van der Waals surface area contributed by atoms with Crippen LogP contribution in [0.5, 0.6) is 0 Å². The van der Waals surface area contributed by atoms with Gasteiger partial charge in [-0.3, -0.25) is 0 Å². The van der Waals surface area contributed by atoms with Crippen molar-refractivity contribution >= 4 is 0 Å². The van der Waals surface area contributed by atoms with Crippen molar-refractivity contribution < 1.29 is 10.2 Å². The van der Waals surface area contributed by atoms with Gasteiger partial charge in [-0.25, -0.2) is 0 Å². The third-order valence-corrected chi connectivity index (χ3v) is 2.92. The van der Waals surface area contributed by atoms with Gasteiger partial charge in [0.05, 0.1) is 12.2 Å². The third-order valence-electron chi connectivity index (χ3n) is 2.92. The van der Waals surface area contributed by atoms with Crippen molar-refractivity contribution in [3.8, 4) is 0 Å². The van der Waals surface area contributed by atoms with Gasteiger partial charge >= 0.3 is 0 Å². The second-order valence-corrected chi connectivity index (χ2v) is 3.74. The fourth-order valence-corrected chi connectivity index (χ4v) is 2.09. The molecule has 14 heavy (non-hydrogen) atoms. The molecule has 0 amide bonds. The molecule has 0 spiro atoms. The van der Waals surface area contributed by atoms with Crippen molar-refractivity contribution in [2.75, 3.05) is 0 Å². The molecule has 2 heteroatoms. The van der Waals surface area contributed by atoms with Crippen LogP contribution in [0.3, 0.4) is 0 Å². The molecule has 74 valence electrons. The molecule has 0 aliphatic heterocycles. The van der Waals surface area contributed by atoms with Gasteiger partial charge < -0.3 is 10.2 Å². The summed E-state index contributed by atoms with van der Waals surface area (Å²) >= 11 is 0. The van der Waals surface area contributed by atoms with E-state index in [1.54, 1.807) is 0 Å². The van der Waals surface area contributed by atoms with Crippen LogP contribution in [0.4, 0.5) is 0 Å². The first-order valence-electron chi connectivity index (χ1n) is 4.80. The van der Waals surface area contributed by atoms with Gasteiger partial charge in [0, 0.05) is 5.92 Å². The Hall–Kier alpha value is -1.12. The number of aliphatic hydroxyl groups is 2. The highest BCUT2D eigenvalue weighted by atomic mass is 16.3. The van der Waals surface area contributed by atoms with Gasteiger partial charge in [0.2, 0.25) is 0 Å². The summed E-state index contributed by atoms with van der Waals surface area (Å²) in [6.45, 7) is 3.54. The number of benzene rings is 1. The summed E-state index contributed by atoms with van der Waals surface area (Å²) in [6.07, 6.45) is 1.03. The first-order chi connectivity index (χ1) is 6.74. The van der Waals surface area contributed by atoms with E-state index in [1.165, 1.54) is 6.08 Å². The largest absolute Gasteiger partial charge is 0.389 e. The summed E-state index contributed by atoms with van der Waals surface area (Å²) in [4.78, 5) is 0. The maximum atomic E-state index is 9.93. The smallest absolute Gasteiger partial charge is 0.0851 e. The lowest BCUT2D eigenvalue weighted by molar-refractivity contribution is 0.0468. The van der Waals surface area contributed by atoms with Crippen LogP contribution in [0, 0.1) is 5.92 Å². The Kier molecular flexibility index (Phi) is 2.40. The van der Waals surface area contributed by atoms with E-state index in [9.17, 15) is 10.2 Å². The monoisotopic (exact) mass is 190 g/mol. The lowest BCUT2D eigenvalue weighted by Crippen LogP contribution is -2.21. The van der Waals surface area contributed by atoms with Gasteiger partial charge in [-0.2, -0.15) is 0 Å². The Labute approximate surface area is 83.5 Å². The highest BCUT2D eigenvalue weighted by molar-refractivity contribution is 5.35. The zero-order valence-corrected chi connectivity index (χ0v) is 7.93. The maximum absolute atomic E-state index is 9.93. The van der Waals surface area contributed by atoms with Crippen molar-refractivity contribution in [2.45, 2.75) is 18.6 Å². The van der Waals surface area contributed by atoms with Gasteiger partial charge in [0.25, 0.3) is 0 Å². The summed E-state index contributed by atoms with van der Waals surface area (Å²) in [6, 6.07) is 7.77. The van der Waals surface area contributed by atoms with E-state index in [-0.39, 0.29) is 5.92 Å². The number of hydrogen-bond acceptors (Lipinski definition) is 2. The van der Waals surface area contributed by atoms with E-state index in [4.69, 9.17) is 0 Å². The van der Waals surface area contributed by atoms with Crippen molar-refractivity contribution in [3.05, 3.63) is 48.0 Å². The van der Waals surface area contributed by atoms with Crippen molar-refractivity contribution in [2.24, 2.45) is 5.92 Å². The molecule has 1 aromatic rings. The lowest BCUT2D eigenvalue weighted by Gasteiger charge is -2.18. The Morgan fingerprint density at radius 2 is 2.14 bits per heavy atom. The van der Waals surface area contributed by atoms with E-state index in [0.717, 1.165) is 17.5 Å². The molecular weight excluding hydrogens is 176 g/mol. The number of rotatable bonds is 2. The predicted molar refractivity (Wildman–Crippen MR) is 54.8 cm³/mol.